The van der Waals surface area contributed by atoms with Crippen LogP contribution in [0, 0.1) is 6.92 Å². The van der Waals surface area contributed by atoms with Gasteiger partial charge in [-0.2, -0.15) is 0 Å². The molecule has 0 spiro atoms. The molecular weight excluding hydrogens is 430 g/mol. The third-order valence-electron chi connectivity index (χ3n) is 5.20. The van der Waals surface area contributed by atoms with Crippen molar-refractivity contribution >= 4 is 17.3 Å². The zero-order valence-electron chi connectivity index (χ0n) is 23.1. The lowest BCUT2D eigenvalue weighted by molar-refractivity contribution is -0.131. The molecule has 0 heterocycles. The monoisotopic (exact) mass is 475 g/mol. The summed E-state index contributed by atoms with van der Waals surface area (Å²) < 4.78 is 0. The minimum absolute atomic E-state index is 0.0557. The van der Waals surface area contributed by atoms with Crippen molar-refractivity contribution in [1.29, 1.82) is 0 Å². The molecule has 35 heavy (non-hydrogen) atoms. The number of carbonyl (C=O) groups excluding carboxylic acids is 1. The van der Waals surface area contributed by atoms with Gasteiger partial charge < -0.3 is 4.90 Å². The smallest absolute Gasteiger partial charge is 0.222 e. The zero-order valence-corrected chi connectivity index (χ0v) is 23.1. The minimum Gasteiger partial charge on any atom is -0.334 e. The van der Waals surface area contributed by atoms with Crippen LogP contribution in [-0.2, 0) is 4.79 Å². The van der Waals surface area contributed by atoms with E-state index in [9.17, 15) is 4.79 Å². The highest BCUT2D eigenvalue weighted by Crippen LogP contribution is 2.15. The highest BCUT2D eigenvalue weighted by Gasteiger charge is 2.25. The number of amides is 1. The third-order valence-corrected chi connectivity index (χ3v) is 5.20. The molecule has 4 nitrogen and oxygen atoms in total. The van der Waals surface area contributed by atoms with Gasteiger partial charge in [-0.15, -0.1) is 0 Å². The Morgan fingerprint density at radius 2 is 1.57 bits per heavy atom. The van der Waals surface area contributed by atoms with Crippen molar-refractivity contribution in [1.82, 2.24) is 4.90 Å². The molecule has 0 radical (unpaired) electrons. The number of aryl methyl sites for hydroxylation is 1. The number of nitrogens with zero attached hydrogens (tertiary/aromatic N) is 3. The number of hydrogen-bond acceptors (Lipinski definition) is 3. The van der Waals surface area contributed by atoms with E-state index in [0.717, 1.165) is 41.2 Å². The first kappa shape index (κ1) is 31.7. The molecule has 1 amide bonds. The summed E-state index contributed by atoms with van der Waals surface area (Å²) in [6, 6.07) is 18.4. The Labute approximate surface area is 214 Å². The van der Waals surface area contributed by atoms with E-state index < -0.39 is 0 Å². The fraction of sp³-hybridized carbons (Fsp3) is 0.387. The van der Waals surface area contributed by atoms with Crippen LogP contribution in [-0.4, -0.2) is 41.9 Å². The Kier molecular flexibility index (Phi) is 16.4. The van der Waals surface area contributed by atoms with Gasteiger partial charge in [-0.05, 0) is 38.8 Å². The van der Waals surface area contributed by atoms with Crippen LogP contribution in [0.5, 0.6) is 0 Å². The van der Waals surface area contributed by atoms with E-state index in [1.165, 1.54) is 5.56 Å². The SMILES string of the molecule is C=CC(=NC(=C)C)c1ccccc1.CC.CCC(=O)N(CC)C(CC)C(=NC)c1ccc(C)cc1. The van der Waals surface area contributed by atoms with Gasteiger partial charge in [0.25, 0.3) is 0 Å². The molecule has 0 aliphatic heterocycles. The maximum atomic E-state index is 12.1. The molecule has 2 aromatic rings. The number of hydrogen-bond donors (Lipinski definition) is 0. The molecule has 0 bridgehead atoms. The Bertz CT molecular complexity index is 956. The summed E-state index contributed by atoms with van der Waals surface area (Å²) in [5, 5.41) is 0. The summed E-state index contributed by atoms with van der Waals surface area (Å²) in [4.78, 5) is 22.8. The van der Waals surface area contributed by atoms with Crippen LogP contribution < -0.4 is 0 Å². The van der Waals surface area contributed by atoms with Crippen molar-refractivity contribution in [3.8, 4) is 0 Å². The Hall–Kier alpha value is -3.27. The quantitative estimate of drug-likeness (QED) is 0.343. The predicted octanol–water partition coefficient (Wildman–Crippen LogP) is 7.67. The lowest BCUT2D eigenvalue weighted by Crippen LogP contribution is -2.44. The molecule has 0 aliphatic carbocycles. The number of benzene rings is 2. The summed E-state index contributed by atoms with van der Waals surface area (Å²) in [5.74, 6) is 0.188. The Morgan fingerprint density at radius 3 is 1.97 bits per heavy atom. The topological polar surface area (TPSA) is 45.0 Å². The van der Waals surface area contributed by atoms with E-state index in [1.807, 2.05) is 76.9 Å². The van der Waals surface area contributed by atoms with Crippen molar-refractivity contribution in [2.75, 3.05) is 13.6 Å². The Balaban J connectivity index is 0.000000665. The number of rotatable bonds is 9. The first-order chi connectivity index (χ1) is 16.8. The maximum absolute atomic E-state index is 12.1. The van der Waals surface area contributed by atoms with Crippen molar-refractivity contribution in [2.24, 2.45) is 9.98 Å². The van der Waals surface area contributed by atoms with Gasteiger partial charge in [-0.3, -0.25) is 14.8 Å². The first-order valence-corrected chi connectivity index (χ1v) is 12.6. The van der Waals surface area contributed by atoms with Crippen LogP contribution in [0.25, 0.3) is 0 Å². The molecular formula is C31H45N3O. The van der Waals surface area contributed by atoms with E-state index in [4.69, 9.17) is 0 Å². The van der Waals surface area contributed by atoms with Crippen molar-refractivity contribution in [2.45, 2.75) is 67.3 Å². The first-order valence-electron chi connectivity index (χ1n) is 12.6. The molecule has 2 rings (SSSR count). The van der Waals surface area contributed by atoms with Crippen LogP contribution in [0.3, 0.4) is 0 Å². The fourth-order valence-electron chi connectivity index (χ4n) is 3.57. The second-order valence-corrected chi connectivity index (χ2v) is 7.73. The van der Waals surface area contributed by atoms with E-state index in [1.54, 1.807) is 6.08 Å². The maximum Gasteiger partial charge on any atom is 0.222 e. The fourth-order valence-corrected chi connectivity index (χ4v) is 3.57. The van der Waals surface area contributed by atoms with Gasteiger partial charge >= 0.3 is 0 Å². The van der Waals surface area contributed by atoms with E-state index in [2.05, 4.69) is 61.3 Å². The van der Waals surface area contributed by atoms with Gasteiger partial charge in [0, 0.05) is 31.3 Å². The summed E-state index contributed by atoms with van der Waals surface area (Å²) >= 11 is 0. The summed E-state index contributed by atoms with van der Waals surface area (Å²) in [7, 11) is 1.81. The highest BCUT2D eigenvalue weighted by molar-refractivity contribution is 6.08. The summed E-state index contributed by atoms with van der Waals surface area (Å²) in [6.07, 6.45) is 3.15. The summed E-state index contributed by atoms with van der Waals surface area (Å²) in [6.45, 7) is 22.2. The van der Waals surface area contributed by atoms with E-state index in [0.29, 0.717) is 6.42 Å². The van der Waals surface area contributed by atoms with Crippen LogP contribution in [0.2, 0.25) is 0 Å². The average molecular weight is 476 g/mol. The number of carbonyl (C=O) groups is 1. The Morgan fingerprint density at radius 1 is 1.00 bits per heavy atom. The second kappa shape index (κ2) is 18.1. The summed E-state index contributed by atoms with van der Waals surface area (Å²) in [5.41, 5.74) is 6.06. The van der Waals surface area contributed by atoms with Crippen LogP contribution in [0.4, 0.5) is 0 Å². The van der Waals surface area contributed by atoms with Gasteiger partial charge in [0.05, 0.1) is 17.5 Å². The molecule has 0 saturated heterocycles. The standard InChI is InChI=1S/C17H26N2O.C12H13N.C2H6/c1-6-15(19(8-3)16(20)7-2)17(18-5)14-11-9-13(4)10-12-14;1-4-12(13-10(2)3)11-8-6-5-7-9-11;1-2/h9-12,15H,6-8H2,1-5H3;4-9H,1-2H2,3H3;1-2H3. The molecule has 190 valence electrons. The van der Waals surface area contributed by atoms with Gasteiger partial charge in [-0.1, -0.05) is 101 Å². The van der Waals surface area contributed by atoms with Gasteiger partial charge in [0.15, 0.2) is 0 Å². The molecule has 0 N–H and O–H groups in total. The second-order valence-electron chi connectivity index (χ2n) is 7.73. The molecule has 0 aromatic heterocycles. The predicted molar refractivity (Wildman–Crippen MR) is 155 cm³/mol. The molecule has 1 unspecified atom stereocenters. The minimum atomic E-state index is 0.0557. The highest BCUT2D eigenvalue weighted by atomic mass is 16.2. The van der Waals surface area contributed by atoms with E-state index >= 15 is 0 Å². The van der Waals surface area contributed by atoms with Crippen molar-refractivity contribution in [3.05, 3.63) is 96.2 Å². The molecule has 0 fully saturated rings. The molecule has 0 saturated carbocycles. The molecule has 1 atom stereocenters. The lowest BCUT2D eigenvalue weighted by atomic mass is 9.98. The third kappa shape index (κ3) is 10.7. The van der Waals surface area contributed by atoms with Gasteiger partial charge in [-0.25, -0.2) is 0 Å². The molecule has 2 aromatic carbocycles. The normalized spacial score (nSPS) is 11.8. The van der Waals surface area contributed by atoms with Crippen LogP contribution in [0.1, 0.15) is 71.1 Å². The van der Waals surface area contributed by atoms with E-state index in [-0.39, 0.29) is 11.9 Å². The molecule has 0 aliphatic rings. The van der Waals surface area contributed by atoms with Crippen LogP contribution >= 0.6 is 0 Å². The zero-order chi connectivity index (χ0) is 26.8. The van der Waals surface area contributed by atoms with Gasteiger partial charge in [0.2, 0.25) is 5.91 Å². The largest absolute Gasteiger partial charge is 0.334 e. The number of allylic oxidation sites excluding steroid dienone is 2. The average Bonchev–Trinajstić information content (AvgIpc) is 2.89. The van der Waals surface area contributed by atoms with Crippen molar-refractivity contribution < 1.29 is 4.79 Å². The molecule has 4 heteroatoms. The lowest BCUT2D eigenvalue weighted by Gasteiger charge is -2.31. The number of aliphatic imine (C=N–C) groups is 2. The van der Waals surface area contributed by atoms with Crippen LogP contribution in [0.15, 0.2) is 89.5 Å². The van der Waals surface area contributed by atoms with Crippen molar-refractivity contribution in [3.63, 3.8) is 0 Å². The number of likely N-dealkylation sites (N-methyl/N-ethyl adjacent to an activating group) is 1. The van der Waals surface area contributed by atoms with Gasteiger partial charge in [0.1, 0.15) is 0 Å².